The Hall–Kier alpha value is -2.15. The molecule has 1 aromatic rings. The van der Waals surface area contributed by atoms with E-state index in [2.05, 4.69) is 10.5 Å². The van der Waals surface area contributed by atoms with Gasteiger partial charge in [-0.15, -0.1) is 0 Å². The average molecular weight is 282 g/mol. The Morgan fingerprint density at radius 1 is 1.45 bits per heavy atom. The van der Waals surface area contributed by atoms with Crippen molar-refractivity contribution < 1.29 is 14.4 Å². The molecule has 1 rings (SSSR count). The molecule has 0 saturated carbocycles. The fraction of sp³-hybridized carbons (Fsp3) is 0.385. The first-order valence-electron chi connectivity index (χ1n) is 6.05. The van der Waals surface area contributed by atoms with E-state index in [1.807, 2.05) is 0 Å². The van der Waals surface area contributed by atoms with Crippen molar-refractivity contribution in [2.45, 2.75) is 32.4 Å². The third-order valence-corrected chi connectivity index (χ3v) is 2.84. The number of nitrogens with one attached hydrogen (secondary N) is 1. The first kappa shape index (κ1) is 15.9. The minimum atomic E-state index is -0.565. The van der Waals surface area contributed by atoms with Gasteiger partial charge < -0.3 is 22.0 Å². The van der Waals surface area contributed by atoms with Crippen LogP contribution in [-0.4, -0.2) is 22.5 Å². The van der Waals surface area contributed by atoms with Crippen LogP contribution in [0.25, 0.3) is 0 Å². The predicted molar refractivity (Wildman–Crippen MR) is 73.6 cm³/mol. The number of halogens is 1. The number of rotatable bonds is 6. The molecule has 0 aliphatic rings. The van der Waals surface area contributed by atoms with E-state index in [-0.39, 0.29) is 24.4 Å². The first-order valence-corrected chi connectivity index (χ1v) is 6.05. The lowest BCUT2D eigenvalue weighted by atomic mass is 9.99. The lowest BCUT2D eigenvalue weighted by Gasteiger charge is -2.25. The molecular formula is C13H19FN4O2. The molecule has 0 unspecified atom stereocenters. The van der Waals surface area contributed by atoms with Gasteiger partial charge in [0.15, 0.2) is 5.84 Å². The number of benzene rings is 1. The van der Waals surface area contributed by atoms with Crippen molar-refractivity contribution >= 4 is 11.7 Å². The fourth-order valence-corrected chi connectivity index (χ4v) is 1.80. The largest absolute Gasteiger partial charge is 0.409 e. The standard InChI is InChI=1S/C13H19FN4O2/c1-13(2,6-10(15)19)17-7-8-4-3-5-9(11(8)14)12(16)18-20/h3-5,17,20H,6-7H2,1-2H3,(H2,15,19)(H2,16,18). The van der Waals surface area contributed by atoms with Crippen molar-refractivity contribution in [1.29, 1.82) is 0 Å². The van der Waals surface area contributed by atoms with Gasteiger partial charge in [-0.1, -0.05) is 17.3 Å². The summed E-state index contributed by atoms with van der Waals surface area (Å²) in [6.45, 7) is 3.78. The maximum atomic E-state index is 14.1. The van der Waals surface area contributed by atoms with Crippen LogP contribution in [0.4, 0.5) is 4.39 Å². The number of primary amides is 1. The molecule has 0 saturated heterocycles. The zero-order valence-corrected chi connectivity index (χ0v) is 11.5. The monoisotopic (exact) mass is 282 g/mol. The highest BCUT2D eigenvalue weighted by molar-refractivity contribution is 5.97. The lowest BCUT2D eigenvalue weighted by molar-refractivity contribution is -0.119. The summed E-state index contributed by atoms with van der Waals surface area (Å²) >= 11 is 0. The Bertz CT molecular complexity index is 529. The molecule has 0 spiro atoms. The molecule has 1 amide bonds. The van der Waals surface area contributed by atoms with Crippen LogP contribution >= 0.6 is 0 Å². The molecule has 0 aliphatic heterocycles. The molecule has 0 aliphatic carbocycles. The second-order valence-corrected chi connectivity index (χ2v) is 5.14. The third-order valence-electron chi connectivity index (χ3n) is 2.84. The maximum absolute atomic E-state index is 14.1. The summed E-state index contributed by atoms with van der Waals surface area (Å²) in [5.41, 5.74) is 10.4. The van der Waals surface area contributed by atoms with Gasteiger partial charge in [0, 0.05) is 24.1 Å². The summed E-state index contributed by atoms with van der Waals surface area (Å²) in [7, 11) is 0. The van der Waals surface area contributed by atoms with Crippen molar-refractivity contribution in [1.82, 2.24) is 5.32 Å². The van der Waals surface area contributed by atoms with E-state index in [9.17, 15) is 9.18 Å². The van der Waals surface area contributed by atoms with E-state index in [0.29, 0.717) is 5.56 Å². The van der Waals surface area contributed by atoms with Crippen molar-refractivity contribution in [2.24, 2.45) is 16.6 Å². The molecule has 0 fully saturated rings. The van der Waals surface area contributed by atoms with Gasteiger partial charge in [-0.2, -0.15) is 0 Å². The molecule has 0 radical (unpaired) electrons. The van der Waals surface area contributed by atoms with Gasteiger partial charge >= 0.3 is 0 Å². The smallest absolute Gasteiger partial charge is 0.219 e. The molecule has 110 valence electrons. The second kappa shape index (κ2) is 6.33. The average Bonchev–Trinajstić information content (AvgIpc) is 2.35. The van der Waals surface area contributed by atoms with Gasteiger partial charge in [-0.3, -0.25) is 4.79 Å². The zero-order valence-electron chi connectivity index (χ0n) is 11.5. The number of hydrogen-bond acceptors (Lipinski definition) is 4. The lowest BCUT2D eigenvalue weighted by Crippen LogP contribution is -2.42. The summed E-state index contributed by atoms with van der Waals surface area (Å²) in [4.78, 5) is 10.9. The number of nitrogens with two attached hydrogens (primary N) is 2. The van der Waals surface area contributed by atoms with E-state index in [1.165, 1.54) is 6.07 Å². The Kier molecular flexibility index (Phi) is 5.04. The molecule has 1 aromatic carbocycles. The van der Waals surface area contributed by atoms with Crippen LogP contribution < -0.4 is 16.8 Å². The fourth-order valence-electron chi connectivity index (χ4n) is 1.80. The van der Waals surface area contributed by atoms with E-state index in [4.69, 9.17) is 16.7 Å². The number of carbonyl (C=O) groups excluding carboxylic acids is 1. The second-order valence-electron chi connectivity index (χ2n) is 5.14. The number of carbonyl (C=O) groups is 1. The van der Waals surface area contributed by atoms with Gasteiger partial charge in [0.1, 0.15) is 5.82 Å². The van der Waals surface area contributed by atoms with E-state index < -0.39 is 17.3 Å². The molecule has 0 bridgehead atoms. The highest BCUT2D eigenvalue weighted by Gasteiger charge is 2.21. The van der Waals surface area contributed by atoms with Crippen molar-refractivity contribution in [3.63, 3.8) is 0 Å². The quantitative estimate of drug-likeness (QED) is 0.266. The number of nitrogens with zero attached hydrogens (tertiary/aromatic N) is 1. The van der Waals surface area contributed by atoms with E-state index in [0.717, 1.165) is 0 Å². The van der Waals surface area contributed by atoms with Gasteiger partial charge in [-0.05, 0) is 19.9 Å². The first-order chi connectivity index (χ1) is 9.26. The molecule has 0 aromatic heterocycles. The highest BCUT2D eigenvalue weighted by atomic mass is 19.1. The molecule has 0 heterocycles. The summed E-state index contributed by atoms with van der Waals surface area (Å²) in [5.74, 6) is -1.29. The van der Waals surface area contributed by atoms with Crippen LogP contribution in [0.2, 0.25) is 0 Å². The highest BCUT2D eigenvalue weighted by Crippen LogP contribution is 2.15. The van der Waals surface area contributed by atoms with Crippen LogP contribution in [0.1, 0.15) is 31.4 Å². The van der Waals surface area contributed by atoms with Gasteiger partial charge in [0.2, 0.25) is 5.91 Å². The summed E-state index contributed by atoms with van der Waals surface area (Å²) in [6, 6.07) is 4.60. The predicted octanol–water partition coefficient (Wildman–Crippen LogP) is 0.664. The number of amidine groups is 1. The Balaban J connectivity index is 2.87. The normalized spacial score (nSPS) is 12.4. The number of amides is 1. The SMILES string of the molecule is CC(C)(CC(N)=O)NCc1cccc(/C(N)=N/O)c1F. The van der Waals surface area contributed by atoms with Crippen LogP contribution in [-0.2, 0) is 11.3 Å². The topological polar surface area (TPSA) is 114 Å². The molecule has 0 atom stereocenters. The molecular weight excluding hydrogens is 263 g/mol. The van der Waals surface area contributed by atoms with Crippen molar-refractivity contribution in [3.05, 3.63) is 35.1 Å². The van der Waals surface area contributed by atoms with Gasteiger partial charge in [0.05, 0.1) is 5.56 Å². The Morgan fingerprint density at radius 2 is 2.10 bits per heavy atom. The molecule has 6 nitrogen and oxygen atoms in total. The van der Waals surface area contributed by atoms with E-state index >= 15 is 0 Å². The van der Waals surface area contributed by atoms with Crippen LogP contribution in [0.15, 0.2) is 23.4 Å². The summed E-state index contributed by atoms with van der Waals surface area (Å²) in [6.07, 6.45) is 0.133. The van der Waals surface area contributed by atoms with Gasteiger partial charge in [-0.25, -0.2) is 4.39 Å². The minimum Gasteiger partial charge on any atom is -0.409 e. The van der Waals surface area contributed by atoms with Crippen LogP contribution in [0, 0.1) is 5.82 Å². The zero-order chi connectivity index (χ0) is 15.3. The Morgan fingerprint density at radius 3 is 2.65 bits per heavy atom. The van der Waals surface area contributed by atoms with Crippen LogP contribution in [0.3, 0.4) is 0 Å². The summed E-state index contributed by atoms with van der Waals surface area (Å²) < 4.78 is 14.1. The minimum absolute atomic E-state index is 0.0273. The molecule has 6 N–H and O–H groups in total. The van der Waals surface area contributed by atoms with Crippen molar-refractivity contribution in [3.8, 4) is 0 Å². The van der Waals surface area contributed by atoms with E-state index in [1.54, 1.807) is 26.0 Å². The van der Waals surface area contributed by atoms with Crippen LogP contribution in [0.5, 0.6) is 0 Å². The Labute approximate surface area is 116 Å². The third kappa shape index (κ3) is 4.20. The molecule has 20 heavy (non-hydrogen) atoms. The van der Waals surface area contributed by atoms with Gasteiger partial charge in [0.25, 0.3) is 0 Å². The molecule has 7 heteroatoms. The van der Waals surface area contributed by atoms with Crippen molar-refractivity contribution in [2.75, 3.05) is 0 Å². The summed E-state index contributed by atoms with van der Waals surface area (Å²) in [5, 5.41) is 14.4. The maximum Gasteiger partial charge on any atom is 0.219 e. The number of hydrogen-bond donors (Lipinski definition) is 4. The number of oxime groups is 1.